The molecule has 1 aliphatic carbocycles. The van der Waals surface area contributed by atoms with E-state index in [0.29, 0.717) is 42.6 Å². The van der Waals surface area contributed by atoms with E-state index in [0.717, 1.165) is 25.7 Å². The molecule has 1 spiro atoms. The Morgan fingerprint density at radius 3 is 2.61 bits per heavy atom. The van der Waals surface area contributed by atoms with Crippen LogP contribution in [0.3, 0.4) is 0 Å². The second-order valence-electron chi connectivity index (χ2n) is 14.1. The predicted molar refractivity (Wildman–Crippen MR) is 157 cm³/mol. The van der Waals surface area contributed by atoms with Crippen molar-refractivity contribution in [1.29, 1.82) is 0 Å². The molecular weight excluding hydrogens is 520 g/mol. The molecule has 0 radical (unpaired) electrons. The van der Waals surface area contributed by atoms with Gasteiger partial charge in [0.1, 0.15) is 17.8 Å². The zero-order valence-electron chi connectivity index (χ0n) is 26.1. The van der Waals surface area contributed by atoms with Crippen molar-refractivity contribution < 1.29 is 33.6 Å². The van der Waals surface area contributed by atoms with E-state index in [4.69, 9.17) is 23.7 Å². The van der Waals surface area contributed by atoms with Crippen molar-refractivity contribution >= 4 is 5.97 Å². The number of hydrogen-bond donors (Lipinski definition) is 1. The summed E-state index contributed by atoms with van der Waals surface area (Å²) in [5.41, 5.74) is 0.544. The Morgan fingerprint density at radius 1 is 1.10 bits per heavy atom. The Bertz CT molecular complexity index is 1050. The SMILES string of the molecule is CO[C@H]1[C@H]2OC/C3=C\C=C\[C@H](C)C/C(C)=C/C[C@@H]4C[C@@H](C[C@]5(CC[C@H](C)[C@@H](C(C)C)O5)O4)OC(=O)[C@H](C[C@@H]1C)[C@]32O. The average molecular weight is 573 g/mol. The third kappa shape index (κ3) is 6.12. The summed E-state index contributed by atoms with van der Waals surface area (Å²) in [4.78, 5) is 14.1. The predicted octanol–water partition coefficient (Wildman–Crippen LogP) is 5.90. The molecule has 3 saturated heterocycles. The molecule has 1 N–H and O–H groups in total. The van der Waals surface area contributed by atoms with Crippen LogP contribution < -0.4 is 0 Å². The molecule has 1 saturated carbocycles. The minimum Gasteiger partial charge on any atom is -0.462 e. The average Bonchev–Trinajstić information content (AvgIpc) is 3.24. The van der Waals surface area contributed by atoms with Crippen molar-refractivity contribution in [2.24, 2.45) is 29.6 Å². The van der Waals surface area contributed by atoms with Crippen LogP contribution >= 0.6 is 0 Å². The van der Waals surface area contributed by atoms with Crippen LogP contribution in [0.25, 0.3) is 0 Å². The number of hydrogen-bond acceptors (Lipinski definition) is 7. The van der Waals surface area contributed by atoms with Crippen LogP contribution in [0.2, 0.25) is 0 Å². The van der Waals surface area contributed by atoms with Gasteiger partial charge in [0, 0.05) is 26.4 Å². The third-order valence-corrected chi connectivity index (χ3v) is 10.3. The van der Waals surface area contributed by atoms with Gasteiger partial charge in [-0.1, -0.05) is 64.5 Å². The van der Waals surface area contributed by atoms with Crippen molar-refractivity contribution in [2.75, 3.05) is 13.7 Å². The Hall–Kier alpha value is -1.51. The van der Waals surface area contributed by atoms with Crippen LogP contribution in [-0.2, 0) is 28.5 Å². The molecular formula is C34H52O7. The van der Waals surface area contributed by atoms with Crippen LogP contribution in [0, 0.1) is 29.6 Å². The normalized spacial score (nSPS) is 49.0. The van der Waals surface area contributed by atoms with E-state index < -0.39 is 23.4 Å². The van der Waals surface area contributed by atoms with Gasteiger partial charge in [-0.25, -0.2) is 0 Å². The van der Waals surface area contributed by atoms with Crippen molar-refractivity contribution in [3.63, 3.8) is 0 Å². The number of allylic oxidation sites excluding steroid dienone is 4. The molecule has 5 aliphatic rings. The van der Waals surface area contributed by atoms with E-state index in [1.165, 1.54) is 5.57 Å². The van der Waals surface area contributed by atoms with Gasteiger partial charge in [0.15, 0.2) is 5.79 Å². The zero-order valence-corrected chi connectivity index (χ0v) is 26.1. The van der Waals surface area contributed by atoms with Crippen LogP contribution in [-0.4, -0.2) is 66.7 Å². The van der Waals surface area contributed by atoms with Gasteiger partial charge in [0.2, 0.25) is 0 Å². The molecule has 0 unspecified atom stereocenters. The molecule has 0 aromatic carbocycles. The molecule has 4 heterocycles. The summed E-state index contributed by atoms with van der Waals surface area (Å²) in [6, 6.07) is 0. The highest BCUT2D eigenvalue weighted by Gasteiger charge is 2.62. The van der Waals surface area contributed by atoms with Gasteiger partial charge in [-0.3, -0.25) is 4.79 Å². The Balaban J connectivity index is 1.50. The summed E-state index contributed by atoms with van der Waals surface area (Å²) in [5.74, 6) is -0.701. The number of aliphatic hydroxyl groups is 1. The lowest BCUT2D eigenvalue weighted by Crippen LogP contribution is -2.61. The van der Waals surface area contributed by atoms with Crippen LogP contribution in [0.1, 0.15) is 86.5 Å². The second-order valence-corrected chi connectivity index (χ2v) is 14.1. The van der Waals surface area contributed by atoms with E-state index in [1.54, 1.807) is 7.11 Å². The third-order valence-electron chi connectivity index (χ3n) is 10.3. The minimum atomic E-state index is -1.48. The maximum Gasteiger partial charge on any atom is 0.312 e. The van der Waals surface area contributed by atoms with Gasteiger partial charge in [-0.2, -0.15) is 0 Å². The summed E-state index contributed by atoms with van der Waals surface area (Å²) in [6.07, 6.45) is 12.2. The van der Waals surface area contributed by atoms with Crippen molar-refractivity contribution in [2.45, 2.75) is 128 Å². The largest absolute Gasteiger partial charge is 0.462 e. The van der Waals surface area contributed by atoms with E-state index in [1.807, 2.05) is 12.2 Å². The molecule has 41 heavy (non-hydrogen) atoms. The lowest BCUT2D eigenvalue weighted by atomic mass is 9.66. The molecule has 4 aliphatic heterocycles. The van der Waals surface area contributed by atoms with Crippen LogP contribution in [0.4, 0.5) is 0 Å². The first-order chi connectivity index (χ1) is 19.5. The number of rotatable bonds is 2. The van der Waals surface area contributed by atoms with Gasteiger partial charge < -0.3 is 28.8 Å². The topological polar surface area (TPSA) is 83.5 Å². The molecule has 0 aromatic rings. The number of ether oxygens (including phenoxy) is 5. The quantitative estimate of drug-likeness (QED) is 0.326. The fraction of sp³-hybridized carbons (Fsp3) is 0.794. The molecule has 5 rings (SSSR count). The number of esters is 1. The number of carbonyl (C=O) groups excluding carboxylic acids is 1. The summed E-state index contributed by atoms with van der Waals surface area (Å²) in [6.45, 7) is 13.4. The summed E-state index contributed by atoms with van der Waals surface area (Å²) in [5, 5.41) is 12.3. The number of methoxy groups -OCH3 is 1. The Labute approximate surface area is 246 Å². The highest BCUT2D eigenvalue weighted by molar-refractivity contribution is 5.76. The Kier molecular flexibility index (Phi) is 9.23. The second kappa shape index (κ2) is 12.2. The van der Waals surface area contributed by atoms with Crippen LogP contribution in [0.5, 0.6) is 0 Å². The Morgan fingerprint density at radius 2 is 1.88 bits per heavy atom. The summed E-state index contributed by atoms with van der Waals surface area (Å²) in [7, 11) is 1.65. The monoisotopic (exact) mass is 572 g/mol. The molecule has 2 bridgehead atoms. The lowest BCUT2D eigenvalue weighted by molar-refractivity contribution is -0.340. The first-order valence-electron chi connectivity index (χ1n) is 15.9. The maximum absolute atomic E-state index is 14.1. The molecule has 0 aromatic heterocycles. The van der Waals surface area contributed by atoms with Crippen LogP contribution in [0.15, 0.2) is 35.5 Å². The highest BCUT2D eigenvalue weighted by Crippen LogP contribution is 2.50. The molecule has 7 nitrogen and oxygen atoms in total. The van der Waals surface area contributed by atoms with Gasteiger partial charge in [0.25, 0.3) is 0 Å². The molecule has 230 valence electrons. The highest BCUT2D eigenvalue weighted by atomic mass is 16.7. The zero-order chi connectivity index (χ0) is 29.5. The molecule has 7 heteroatoms. The smallest absolute Gasteiger partial charge is 0.312 e. The van der Waals surface area contributed by atoms with Gasteiger partial charge in [-0.15, -0.1) is 0 Å². The van der Waals surface area contributed by atoms with Gasteiger partial charge in [0.05, 0.1) is 30.8 Å². The first kappa shape index (κ1) is 30.9. The van der Waals surface area contributed by atoms with Crippen molar-refractivity contribution in [3.05, 3.63) is 35.5 Å². The summed E-state index contributed by atoms with van der Waals surface area (Å²) >= 11 is 0. The molecule has 0 amide bonds. The van der Waals surface area contributed by atoms with E-state index in [2.05, 4.69) is 53.7 Å². The van der Waals surface area contributed by atoms with Crippen molar-refractivity contribution in [1.82, 2.24) is 0 Å². The molecule has 11 atom stereocenters. The first-order valence-corrected chi connectivity index (χ1v) is 15.9. The van der Waals surface area contributed by atoms with Gasteiger partial charge >= 0.3 is 5.97 Å². The van der Waals surface area contributed by atoms with Gasteiger partial charge in [-0.05, 0) is 61.9 Å². The van der Waals surface area contributed by atoms with E-state index in [-0.39, 0.29) is 42.9 Å². The minimum absolute atomic E-state index is 0.0280. The molecule has 4 fully saturated rings. The van der Waals surface area contributed by atoms with E-state index >= 15 is 0 Å². The number of carbonyl (C=O) groups is 1. The lowest BCUT2D eigenvalue weighted by Gasteiger charge is -2.51. The fourth-order valence-corrected chi connectivity index (χ4v) is 8.19. The standard InChI is InChI=1S/C34H52O7/c1-20(2)29-23(5)13-14-33(41-29)18-27-17-26(40-33)12-11-22(4)15-21(3)9-8-10-25-19-38-31-30(37-7)24(6)16-28(32(35)39-27)34(25,31)36/h8-11,20-21,23-24,26-31,36H,12-19H2,1-7H3/b9-8+,22-11+,25-10+/t21-,23-,24-,26+,27-,28-,29+,30+,31+,33+,34+/m0/s1. The number of fused-ring (bicyclic) bond motifs is 2. The maximum atomic E-state index is 14.1. The summed E-state index contributed by atoms with van der Waals surface area (Å²) < 4.78 is 31.9. The van der Waals surface area contributed by atoms with Crippen molar-refractivity contribution in [3.8, 4) is 0 Å². The van der Waals surface area contributed by atoms with E-state index in [9.17, 15) is 9.90 Å². The fourth-order valence-electron chi connectivity index (χ4n) is 8.19.